The summed E-state index contributed by atoms with van der Waals surface area (Å²) in [5.41, 5.74) is 5.72. The number of aryl methyl sites for hydroxylation is 2. The van der Waals surface area contributed by atoms with Gasteiger partial charge in [-0.15, -0.1) is 0 Å². The van der Waals surface area contributed by atoms with Crippen molar-refractivity contribution < 1.29 is 9.66 Å². The van der Waals surface area contributed by atoms with Gasteiger partial charge in [0, 0.05) is 7.05 Å². The van der Waals surface area contributed by atoms with Crippen molar-refractivity contribution in [1.29, 1.82) is 0 Å². The molecule has 0 spiro atoms. The normalized spacial score (nSPS) is 10.4. The van der Waals surface area contributed by atoms with Crippen molar-refractivity contribution in [3.8, 4) is 5.88 Å². The fraction of sp³-hybridized carbons (Fsp3) is 0.667. The summed E-state index contributed by atoms with van der Waals surface area (Å²) in [4.78, 5) is 10.4. The van der Waals surface area contributed by atoms with E-state index in [-0.39, 0.29) is 11.6 Å². The molecule has 0 aliphatic rings. The molecule has 7 heteroatoms. The van der Waals surface area contributed by atoms with Gasteiger partial charge in [-0.1, -0.05) is 6.92 Å². The summed E-state index contributed by atoms with van der Waals surface area (Å²) in [7, 11) is 1.63. The van der Waals surface area contributed by atoms with Gasteiger partial charge in [-0.2, -0.15) is 5.10 Å². The Labute approximate surface area is 93.3 Å². The lowest BCUT2D eigenvalue weighted by Gasteiger charge is -2.03. The summed E-state index contributed by atoms with van der Waals surface area (Å²) in [5, 5.41) is 14.9. The average molecular weight is 228 g/mol. The van der Waals surface area contributed by atoms with Gasteiger partial charge >= 0.3 is 5.69 Å². The van der Waals surface area contributed by atoms with Gasteiger partial charge in [0.05, 0.1) is 11.5 Å². The largest absolute Gasteiger partial charge is 0.473 e. The smallest absolute Gasteiger partial charge is 0.353 e. The molecule has 0 aliphatic carbocycles. The Morgan fingerprint density at radius 1 is 1.62 bits per heavy atom. The lowest BCUT2D eigenvalue weighted by atomic mass is 10.3. The minimum Gasteiger partial charge on any atom is -0.473 e. The zero-order valence-electron chi connectivity index (χ0n) is 9.47. The minimum atomic E-state index is -0.455. The monoisotopic (exact) mass is 228 g/mol. The molecular weight excluding hydrogens is 212 g/mol. The van der Waals surface area contributed by atoms with E-state index in [0.29, 0.717) is 31.7 Å². The maximum atomic E-state index is 10.9. The molecule has 16 heavy (non-hydrogen) atoms. The third-order valence-electron chi connectivity index (χ3n) is 2.15. The Hall–Kier alpha value is -1.63. The van der Waals surface area contributed by atoms with E-state index in [0.717, 1.165) is 0 Å². The maximum absolute atomic E-state index is 10.9. The standard InChI is InChI=1S/C9H16N4O3/c1-3-7-8(13(14)15)9(12(2)11-7)16-6-4-5-10/h3-6,10H2,1-2H3. The van der Waals surface area contributed by atoms with Crippen LogP contribution in [0.5, 0.6) is 5.88 Å². The van der Waals surface area contributed by atoms with E-state index in [1.807, 2.05) is 6.92 Å². The maximum Gasteiger partial charge on any atom is 0.353 e. The van der Waals surface area contributed by atoms with Crippen molar-refractivity contribution >= 4 is 5.69 Å². The van der Waals surface area contributed by atoms with Crippen molar-refractivity contribution in [2.45, 2.75) is 19.8 Å². The molecule has 0 saturated carbocycles. The van der Waals surface area contributed by atoms with Gasteiger partial charge in [0.1, 0.15) is 5.69 Å². The molecule has 0 atom stereocenters. The summed E-state index contributed by atoms with van der Waals surface area (Å²) in [6.07, 6.45) is 1.16. The van der Waals surface area contributed by atoms with Crippen LogP contribution in [0.3, 0.4) is 0 Å². The van der Waals surface area contributed by atoms with Crippen LogP contribution in [0, 0.1) is 10.1 Å². The van der Waals surface area contributed by atoms with E-state index >= 15 is 0 Å². The Bertz CT molecular complexity index is 375. The first-order valence-corrected chi connectivity index (χ1v) is 5.14. The van der Waals surface area contributed by atoms with Crippen molar-refractivity contribution in [3.63, 3.8) is 0 Å². The Morgan fingerprint density at radius 3 is 2.81 bits per heavy atom. The number of aromatic nitrogens is 2. The fourth-order valence-electron chi connectivity index (χ4n) is 1.39. The number of hydrogen-bond donors (Lipinski definition) is 1. The Kier molecular flexibility index (Phi) is 4.24. The highest BCUT2D eigenvalue weighted by Crippen LogP contribution is 2.30. The summed E-state index contributed by atoms with van der Waals surface area (Å²) < 4.78 is 6.73. The zero-order valence-corrected chi connectivity index (χ0v) is 9.47. The third kappa shape index (κ3) is 2.48. The molecule has 0 fully saturated rings. The highest BCUT2D eigenvalue weighted by Gasteiger charge is 2.26. The molecule has 0 aromatic carbocycles. The number of nitrogens with two attached hydrogens (primary N) is 1. The van der Waals surface area contributed by atoms with E-state index in [4.69, 9.17) is 10.5 Å². The van der Waals surface area contributed by atoms with E-state index < -0.39 is 4.92 Å². The third-order valence-corrected chi connectivity index (χ3v) is 2.15. The molecule has 0 unspecified atom stereocenters. The molecule has 0 saturated heterocycles. The Morgan fingerprint density at radius 2 is 2.31 bits per heavy atom. The molecule has 1 aromatic rings. The quantitative estimate of drug-likeness (QED) is 0.437. The second kappa shape index (κ2) is 5.45. The van der Waals surface area contributed by atoms with Crippen molar-refractivity contribution in [2.75, 3.05) is 13.2 Å². The Balaban J connectivity index is 2.96. The molecule has 1 aromatic heterocycles. The highest BCUT2D eigenvalue weighted by atomic mass is 16.6. The van der Waals surface area contributed by atoms with Crippen LogP contribution in [0.1, 0.15) is 19.0 Å². The first-order valence-electron chi connectivity index (χ1n) is 5.14. The average Bonchev–Trinajstić information content (AvgIpc) is 2.56. The fourth-order valence-corrected chi connectivity index (χ4v) is 1.39. The number of ether oxygens (including phenoxy) is 1. The van der Waals surface area contributed by atoms with Crippen LogP contribution < -0.4 is 10.5 Å². The number of hydrogen-bond acceptors (Lipinski definition) is 5. The highest BCUT2D eigenvalue weighted by molar-refractivity contribution is 5.46. The van der Waals surface area contributed by atoms with E-state index in [9.17, 15) is 10.1 Å². The topological polar surface area (TPSA) is 96.2 Å². The van der Waals surface area contributed by atoms with Gasteiger partial charge in [0.25, 0.3) is 5.88 Å². The van der Waals surface area contributed by atoms with Crippen LogP contribution in [0.4, 0.5) is 5.69 Å². The first kappa shape index (κ1) is 12.4. The van der Waals surface area contributed by atoms with Gasteiger partial charge in [-0.3, -0.25) is 10.1 Å². The van der Waals surface area contributed by atoms with Crippen molar-refractivity contribution in [2.24, 2.45) is 12.8 Å². The molecule has 0 aliphatic heterocycles. The van der Waals surface area contributed by atoms with Crippen LogP contribution in [0.25, 0.3) is 0 Å². The summed E-state index contributed by atoms with van der Waals surface area (Å²) >= 11 is 0. The number of nitro groups is 1. The lowest BCUT2D eigenvalue weighted by molar-refractivity contribution is -0.386. The van der Waals surface area contributed by atoms with Crippen LogP contribution in [-0.2, 0) is 13.5 Å². The van der Waals surface area contributed by atoms with E-state index in [1.54, 1.807) is 7.05 Å². The predicted octanol–water partition coefficient (Wildman–Crippen LogP) is 0.618. The second-order valence-electron chi connectivity index (χ2n) is 3.33. The van der Waals surface area contributed by atoms with Crippen LogP contribution in [-0.4, -0.2) is 27.9 Å². The molecule has 0 bridgehead atoms. The summed E-state index contributed by atoms with van der Waals surface area (Å²) in [6, 6.07) is 0. The van der Waals surface area contributed by atoms with Crippen LogP contribution in [0.15, 0.2) is 0 Å². The van der Waals surface area contributed by atoms with Crippen LogP contribution >= 0.6 is 0 Å². The van der Waals surface area contributed by atoms with Gasteiger partial charge in [-0.25, -0.2) is 4.68 Å². The lowest BCUT2D eigenvalue weighted by Crippen LogP contribution is -2.09. The van der Waals surface area contributed by atoms with Gasteiger partial charge in [-0.05, 0) is 19.4 Å². The molecule has 1 rings (SSSR count). The summed E-state index contributed by atoms with van der Waals surface area (Å²) in [6.45, 7) is 2.67. The number of nitrogens with zero attached hydrogens (tertiary/aromatic N) is 3. The van der Waals surface area contributed by atoms with Crippen molar-refractivity contribution in [3.05, 3.63) is 15.8 Å². The first-order chi connectivity index (χ1) is 7.61. The predicted molar refractivity (Wildman–Crippen MR) is 58.4 cm³/mol. The second-order valence-corrected chi connectivity index (χ2v) is 3.33. The molecule has 0 amide bonds. The SMILES string of the molecule is CCc1nn(C)c(OCCCN)c1[N+](=O)[O-]. The van der Waals surface area contributed by atoms with Gasteiger partial charge in [0.2, 0.25) is 0 Å². The molecule has 2 N–H and O–H groups in total. The minimum absolute atomic E-state index is 0.0398. The van der Waals surface area contributed by atoms with Crippen molar-refractivity contribution in [1.82, 2.24) is 9.78 Å². The summed E-state index contributed by atoms with van der Waals surface area (Å²) in [5.74, 6) is 0.204. The van der Waals surface area contributed by atoms with Crippen LogP contribution in [0.2, 0.25) is 0 Å². The van der Waals surface area contributed by atoms with E-state index in [2.05, 4.69) is 5.10 Å². The van der Waals surface area contributed by atoms with E-state index in [1.165, 1.54) is 4.68 Å². The van der Waals surface area contributed by atoms with Gasteiger partial charge in [0.15, 0.2) is 0 Å². The molecule has 0 radical (unpaired) electrons. The molecule has 90 valence electrons. The molecule has 1 heterocycles. The molecule has 7 nitrogen and oxygen atoms in total. The zero-order chi connectivity index (χ0) is 12.1. The number of rotatable bonds is 6. The van der Waals surface area contributed by atoms with Gasteiger partial charge < -0.3 is 10.5 Å². The molecular formula is C9H16N4O3.